The van der Waals surface area contributed by atoms with Crippen LogP contribution in [0.2, 0.25) is 0 Å². The molecule has 0 saturated carbocycles. The number of furan rings is 1. The fourth-order valence-electron chi connectivity index (χ4n) is 2.31. The highest BCUT2D eigenvalue weighted by atomic mass is 16.3. The highest BCUT2D eigenvalue weighted by Crippen LogP contribution is 2.18. The molecule has 0 spiro atoms. The Bertz CT molecular complexity index is 679. The van der Waals surface area contributed by atoms with Crippen molar-refractivity contribution in [2.75, 3.05) is 6.54 Å². The minimum atomic E-state index is 0.148. The zero-order valence-corrected chi connectivity index (χ0v) is 11.4. The van der Waals surface area contributed by atoms with Crippen LogP contribution >= 0.6 is 0 Å². The average Bonchev–Trinajstić information content (AvgIpc) is 2.99. The second-order valence-electron chi connectivity index (χ2n) is 4.73. The maximum atomic E-state index is 5.14. The molecule has 2 aromatic heterocycles. The first-order chi connectivity index (χ1) is 9.86. The van der Waals surface area contributed by atoms with Crippen molar-refractivity contribution in [2.45, 2.75) is 19.4 Å². The Hall–Kier alpha value is -2.20. The fraction of sp³-hybridized carbons (Fsp3) is 0.250. The molecule has 0 aliphatic rings. The Morgan fingerprint density at radius 3 is 2.80 bits per heavy atom. The maximum absolute atomic E-state index is 5.14. The fourth-order valence-corrected chi connectivity index (χ4v) is 2.31. The van der Waals surface area contributed by atoms with E-state index >= 15 is 0 Å². The van der Waals surface area contributed by atoms with E-state index in [4.69, 9.17) is 9.40 Å². The van der Waals surface area contributed by atoms with Crippen LogP contribution in [0.25, 0.3) is 11.0 Å². The summed E-state index contributed by atoms with van der Waals surface area (Å²) in [7, 11) is 0. The van der Waals surface area contributed by atoms with Gasteiger partial charge in [0.05, 0.1) is 41.5 Å². The van der Waals surface area contributed by atoms with Crippen LogP contribution < -0.4 is 5.32 Å². The molecule has 0 aliphatic heterocycles. The third-order valence-corrected chi connectivity index (χ3v) is 3.29. The quantitative estimate of drug-likeness (QED) is 0.771. The molecule has 1 unspecified atom stereocenters. The van der Waals surface area contributed by atoms with E-state index in [-0.39, 0.29) is 6.04 Å². The topological polar surface area (TPSA) is 51.0 Å². The average molecular weight is 267 g/mol. The number of aromatic nitrogens is 2. The number of fused-ring (bicyclic) bond motifs is 1. The van der Waals surface area contributed by atoms with Crippen LogP contribution in [0.1, 0.15) is 24.2 Å². The van der Waals surface area contributed by atoms with Crippen LogP contribution in [0.4, 0.5) is 0 Å². The van der Waals surface area contributed by atoms with Crippen molar-refractivity contribution in [1.82, 2.24) is 15.3 Å². The summed E-state index contributed by atoms with van der Waals surface area (Å²) in [6, 6.07) is 10.1. The highest BCUT2D eigenvalue weighted by Gasteiger charge is 2.14. The third kappa shape index (κ3) is 2.70. The van der Waals surface area contributed by atoms with Gasteiger partial charge in [-0.3, -0.25) is 4.98 Å². The van der Waals surface area contributed by atoms with Crippen molar-refractivity contribution < 1.29 is 4.42 Å². The molecular formula is C16H17N3O. The van der Waals surface area contributed by atoms with E-state index in [1.807, 2.05) is 36.5 Å². The zero-order valence-electron chi connectivity index (χ0n) is 11.4. The van der Waals surface area contributed by atoms with Crippen molar-refractivity contribution in [3.8, 4) is 0 Å². The van der Waals surface area contributed by atoms with Gasteiger partial charge in [0.2, 0.25) is 0 Å². The Labute approximate surface area is 117 Å². The van der Waals surface area contributed by atoms with E-state index in [1.54, 1.807) is 12.5 Å². The minimum Gasteiger partial charge on any atom is -0.472 e. The Morgan fingerprint density at radius 1 is 1.20 bits per heavy atom. The number of likely N-dealkylation sites (N-methyl/N-ethyl adjacent to an activating group) is 1. The van der Waals surface area contributed by atoms with Gasteiger partial charge in [-0.25, -0.2) is 4.98 Å². The van der Waals surface area contributed by atoms with Gasteiger partial charge in [0, 0.05) is 0 Å². The summed E-state index contributed by atoms with van der Waals surface area (Å²) in [5.74, 6) is 0. The number of nitrogens with zero attached hydrogens (tertiary/aromatic N) is 2. The van der Waals surface area contributed by atoms with Crippen molar-refractivity contribution in [1.29, 1.82) is 0 Å². The van der Waals surface area contributed by atoms with Gasteiger partial charge in [0.1, 0.15) is 0 Å². The summed E-state index contributed by atoms with van der Waals surface area (Å²) < 4.78 is 5.14. The molecule has 1 aromatic carbocycles. The van der Waals surface area contributed by atoms with E-state index in [1.165, 1.54) is 0 Å². The number of hydrogen-bond acceptors (Lipinski definition) is 4. The van der Waals surface area contributed by atoms with E-state index in [0.717, 1.165) is 35.3 Å². The Balaban J connectivity index is 1.91. The van der Waals surface area contributed by atoms with Crippen LogP contribution in [0.5, 0.6) is 0 Å². The first-order valence-electron chi connectivity index (χ1n) is 6.83. The first-order valence-corrected chi connectivity index (χ1v) is 6.83. The molecule has 0 amide bonds. The van der Waals surface area contributed by atoms with E-state index < -0.39 is 0 Å². The summed E-state index contributed by atoms with van der Waals surface area (Å²) in [6.45, 7) is 2.98. The van der Waals surface area contributed by atoms with Crippen LogP contribution in [0.3, 0.4) is 0 Å². The molecule has 2 heterocycles. The third-order valence-electron chi connectivity index (χ3n) is 3.29. The summed E-state index contributed by atoms with van der Waals surface area (Å²) in [5, 5.41) is 3.46. The maximum Gasteiger partial charge on any atom is 0.0935 e. The molecular weight excluding hydrogens is 250 g/mol. The Morgan fingerprint density at radius 2 is 2.05 bits per heavy atom. The van der Waals surface area contributed by atoms with Gasteiger partial charge in [-0.15, -0.1) is 0 Å². The predicted octanol–water partition coefficient (Wildman–Crippen LogP) is 3.12. The van der Waals surface area contributed by atoms with Gasteiger partial charge in [-0.2, -0.15) is 0 Å². The van der Waals surface area contributed by atoms with Crippen LogP contribution in [0, 0.1) is 0 Å². The SMILES string of the molecule is CCNC(Cc1ccoc1)c1cnc2ccccc2n1. The molecule has 0 bridgehead atoms. The lowest BCUT2D eigenvalue weighted by molar-refractivity contribution is 0.525. The monoisotopic (exact) mass is 267 g/mol. The van der Waals surface area contributed by atoms with Gasteiger partial charge < -0.3 is 9.73 Å². The number of rotatable bonds is 5. The van der Waals surface area contributed by atoms with E-state index in [0.29, 0.717) is 0 Å². The number of para-hydroxylation sites is 2. The zero-order chi connectivity index (χ0) is 13.8. The molecule has 3 rings (SSSR count). The summed E-state index contributed by atoms with van der Waals surface area (Å²) >= 11 is 0. The Kier molecular flexibility index (Phi) is 3.74. The van der Waals surface area contributed by atoms with Gasteiger partial charge in [0.25, 0.3) is 0 Å². The molecule has 4 nitrogen and oxygen atoms in total. The molecule has 0 saturated heterocycles. The van der Waals surface area contributed by atoms with E-state index in [2.05, 4.69) is 17.2 Å². The lowest BCUT2D eigenvalue weighted by atomic mass is 10.1. The smallest absolute Gasteiger partial charge is 0.0935 e. The standard InChI is InChI=1S/C16H17N3O/c1-2-17-15(9-12-7-8-20-11-12)16-10-18-13-5-3-4-6-14(13)19-16/h3-8,10-11,15,17H,2,9H2,1H3. The second kappa shape index (κ2) is 5.84. The van der Waals surface area contributed by atoms with Crippen molar-refractivity contribution >= 4 is 11.0 Å². The summed E-state index contributed by atoms with van der Waals surface area (Å²) in [5.41, 5.74) is 3.98. The number of benzene rings is 1. The van der Waals surface area contributed by atoms with E-state index in [9.17, 15) is 0 Å². The lowest BCUT2D eigenvalue weighted by Crippen LogP contribution is -2.24. The molecule has 0 radical (unpaired) electrons. The normalized spacial score (nSPS) is 12.7. The van der Waals surface area contributed by atoms with Crippen molar-refractivity contribution in [2.24, 2.45) is 0 Å². The molecule has 1 N–H and O–H groups in total. The number of hydrogen-bond donors (Lipinski definition) is 1. The predicted molar refractivity (Wildman–Crippen MR) is 78.4 cm³/mol. The molecule has 0 aliphatic carbocycles. The highest BCUT2D eigenvalue weighted by molar-refractivity contribution is 5.73. The van der Waals surface area contributed by atoms with Gasteiger partial charge in [-0.1, -0.05) is 19.1 Å². The van der Waals surface area contributed by atoms with Gasteiger partial charge in [0.15, 0.2) is 0 Å². The van der Waals surface area contributed by atoms with Crippen molar-refractivity contribution in [3.05, 3.63) is 60.3 Å². The molecule has 0 fully saturated rings. The first kappa shape index (κ1) is 12.8. The largest absolute Gasteiger partial charge is 0.472 e. The second-order valence-corrected chi connectivity index (χ2v) is 4.73. The van der Waals surface area contributed by atoms with Crippen LogP contribution in [-0.4, -0.2) is 16.5 Å². The van der Waals surface area contributed by atoms with Crippen LogP contribution in [0.15, 0.2) is 53.5 Å². The molecule has 20 heavy (non-hydrogen) atoms. The number of nitrogens with one attached hydrogen (secondary N) is 1. The molecule has 3 aromatic rings. The lowest BCUT2D eigenvalue weighted by Gasteiger charge is -2.16. The molecule has 102 valence electrons. The van der Waals surface area contributed by atoms with Gasteiger partial charge in [-0.05, 0) is 36.7 Å². The summed E-state index contributed by atoms with van der Waals surface area (Å²) in [6.07, 6.45) is 6.18. The molecule has 4 heteroatoms. The molecule has 1 atom stereocenters. The summed E-state index contributed by atoms with van der Waals surface area (Å²) in [4.78, 5) is 9.21. The van der Waals surface area contributed by atoms with Gasteiger partial charge >= 0.3 is 0 Å². The van der Waals surface area contributed by atoms with Crippen molar-refractivity contribution in [3.63, 3.8) is 0 Å². The minimum absolute atomic E-state index is 0.148. The van der Waals surface area contributed by atoms with Crippen LogP contribution in [-0.2, 0) is 6.42 Å².